The number of carbonyl (C=O) groups excluding carboxylic acids is 3. The molecule has 5 heteroatoms. The molecule has 0 fully saturated rings. The van der Waals surface area contributed by atoms with Crippen LogP contribution in [0.4, 0.5) is 0 Å². The van der Waals surface area contributed by atoms with Crippen molar-refractivity contribution < 1.29 is 14.4 Å². The van der Waals surface area contributed by atoms with Gasteiger partial charge in [0.05, 0.1) is 17.0 Å². The van der Waals surface area contributed by atoms with Gasteiger partial charge in [0.25, 0.3) is 11.8 Å². The third-order valence-corrected chi connectivity index (χ3v) is 4.53. The lowest BCUT2D eigenvalue weighted by Gasteiger charge is -2.19. The molecule has 1 heterocycles. The van der Waals surface area contributed by atoms with E-state index < -0.39 is 23.6 Å². The van der Waals surface area contributed by atoms with Crippen molar-refractivity contribution in [2.75, 3.05) is 0 Å². The normalized spacial score (nSPS) is 14.5. The zero-order valence-corrected chi connectivity index (χ0v) is 15.2. The van der Waals surface area contributed by atoms with E-state index in [9.17, 15) is 14.4 Å². The highest BCUT2D eigenvalue weighted by Crippen LogP contribution is 2.22. The maximum atomic E-state index is 12.5. The summed E-state index contributed by atoms with van der Waals surface area (Å²) in [7, 11) is 0. The molecule has 26 heavy (non-hydrogen) atoms. The lowest BCUT2D eigenvalue weighted by molar-refractivity contribution is -0.125. The molecular formula is C21H22N2O3. The van der Waals surface area contributed by atoms with Gasteiger partial charge in [-0.2, -0.15) is 5.01 Å². The van der Waals surface area contributed by atoms with Gasteiger partial charge in [-0.05, 0) is 42.5 Å². The molecule has 0 saturated heterocycles. The first kappa shape index (κ1) is 17.9. The van der Waals surface area contributed by atoms with Gasteiger partial charge < -0.3 is 0 Å². The molecule has 3 amide bonds. The predicted molar refractivity (Wildman–Crippen MR) is 98.5 cm³/mol. The smallest absolute Gasteiger partial charge is 0.273 e. The summed E-state index contributed by atoms with van der Waals surface area (Å²) in [6, 6.07) is 14.4. The van der Waals surface area contributed by atoms with Crippen molar-refractivity contribution in [3.63, 3.8) is 0 Å². The van der Waals surface area contributed by atoms with Crippen LogP contribution in [0.2, 0.25) is 0 Å². The quantitative estimate of drug-likeness (QED) is 0.841. The Balaban J connectivity index is 1.70. The fraction of sp³-hybridized carbons (Fsp3) is 0.286. The van der Waals surface area contributed by atoms with Crippen molar-refractivity contribution in [3.8, 4) is 0 Å². The van der Waals surface area contributed by atoms with Gasteiger partial charge in [-0.3, -0.25) is 19.8 Å². The number of amides is 3. The largest absolute Gasteiger partial charge is 0.280 e. The predicted octanol–water partition coefficient (Wildman–Crippen LogP) is 3.32. The number of rotatable bonds is 5. The summed E-state index contributed by atoms with van der Waals surface area (Å²) in [4.78, 5) is 37.2. The van der Waals surface area contributed by atoms with Crippen molar-refractivity contribution in [3.05, 3.63) is 70.8 Å². The molecular weight excluding hydrogens is 328 g/mol. The fourth-order valence-corrected chi connectivity index (χ4v) is 3.06. The van der Waals surface area contributed by atoms with Crippen LogP contribution in [0.3, 0.4) is 0 Å². The molecule has 1 aliphatic rings. The van der Waals surface area contributed by atoms with Gasteiger partial charge in [0, 0.05) is 0 Å². The van der Waals surface area contributed by atoms with Gasteiger partial charge in [0.15, 0.2) is 0 Å². The fourth-order valence-electron chi connectivity index (χ4n) is 3.06. The zero-order valence-electron chi connectivity index (χ0n) is 15.2. The molecule has 0 aromatic heterocycles. The molecule has 2 aromatic carbocycles. The Morgan fingerprint density at radius 2 is 1.46 bits per heavy atom. The van der Waals surface area contributed by atoms with E-state index in [1.807, 2.05) is 24.3 Å². The molecule has 134 valence electrons. The summed E-state index contributed by atoms with van der Waals surface area (Å²) in [6.45, 7) is 6.07. The molecule has 2 aromatic rings. The van der Waals surface area contributed by atoms with Gasteiger partial charge in [-0.15, -0.1) is 0 Å². The highest BCUT2D eigenvalue weighted by molar-refractivity contribution is 6.21. The van der Waals surface area contributed by atoms with Crippen LogP contribution in [0.25, 0.3) is 0 Å². The van der Waals surface area contributed by atoms with E-state index >= 15 is 0 Å². The Bertz CT molecular complexity index is 821. The van der Waals surface area contributed by atoms with E-state index in [0.29, 0.717) is 17.0 Å². The van der Waals surface area contributed by atoms with Crippen LogP contribution in [0.1, 0.15) is 58.5 Å². The molecule has 0 saturated carbocycles. The maximum absolute atomic E-state index is 12.5. The van der Waals surface area contributed by atoms with Gasteiger partial charge in [0.1, 0.15) is 0 Å². The number of carbonyl (C=O) groups is 3. The SMILES string of the molecule is CC(C)Cc1ccc(C(C)C(=O)NN2C(=O)c3ccccc3C2=O)cc1. The molecule has 0 bridgehead atoms. The van der Waals surface area contributed by atoms with Crippen molar-refractivity contribution >= 4 is 17.7 Å². The Morgan fingerprint density at radius 1 is 0.923 bits per heavy atom. The second kappa shape index (κ2) is 7.12. The van der Waals surface area contributed by atoms with Crippen molar-refractivity contribution in [1.82, 2.24) is 10.4 Å². The number of nitrogens with zero attached hydrogens (tertiary/aromatic N) is 1. The van der Waals surface area contributed by atoms with Gasteiger partial charge >= 0.3 is 0 Å². The summed E-state index contributed by atoms with van der Waals surface area (Å²) < 4.78 is 0. The summed E-state index contributed by atoms with van der Waals surface area (Å²) in [6.07, 6.45) is 0.982. The minimum Gasteiger partial charge on any atom is -0.273 e. The number of hydrogen-bond acceptors (Lipinski definition) is 3. The van der Waals surface area contributed by atoms with E-state index in [-0.39, 0.29) is 0 Å². The first-order valence-electron chi connectivity index (χ1n) is 8.75. The van der Waals surface area contributed by atoms with E-state index in [2.05, 4.69) is 19.3 Å². The average molecular weight is 350 g/mol. The van der Waals surface area contributed by atoms with E-state index in [0.717, 1.165) is 17.0 Å². The lowest BCUT2D eigenvalue weighted by atomic mass is 9.96. The van der Waals surface area contributed by atoms with Crippen molar-refractivity contribution in [2.24, 2.45) is 5.92 Å². The molecule has 0 aliphatic carbocycles. The Morgan fingerprint density at radius 3 is 1.96 bits per heavy atom. The van der Waals surface area contributed by atoms with E-state index in [4.69, 9.17) is 0 Å². The second-order valence-corrected chi connectivity index (χ2v) is 7.03. The van der Waals surface area contributed by atoms with Gasteiger partial charge in [-0.1, -0.05) is 50.2 Å². The summed E-state index contributed by atoms with van der Waals surface area (Å²) >= 11 is 0. The highest BCUT2D eigenvalue weighted by Gasteiger charge is 2.37. The van der Waals surface area contributed by atoms with Crippen LogP contribution in [0.5, 0.6) is 0 Å². The molecule has 1 aliphatic heterocycles. The molecule has 0 spiro atoms. The average Bonchev–Trinajstić information content (AvgIpc) is 2.86. The minimum absolute atomic E-state index is 0.309. The molecule has 1 N–H and O–H groups in total. The topological polar surface area (TPSA) is 66.5 Å². The second-order valence-electron chi connectivity index (χ2n) is 7.03. The third-order valence-electron chi connectivity index (χ3n) is 4.53. The van der Waals surface area contributed by atoms with Crippen molar-refractivity contribution in [1.29, 1.82) is 0 Å². The highest BCUT2D eigenvalue weighted by atomic mass is 16.2. The Hall–Kier alpha value is -2.95. The molecule has 3 rings (SSSR count). The molecule has 1 atom stereocenters. The molecule has 5 nitrogen and oxygen atoms in total. The number of hydrazine groups is 1. The van der Waals surface area contributed by atoms with Gasteiger partial charge in [-0.25, -0.2) is 0 Å². The minimum atomic E-state index is -0.501. The summed E-state index contributed by atoms with van der Waals surface area (Å²) in [5.74, 6) is -1.31. The number of nitrogens with one attached hydrogen (secondary N) is 1. The Labute approximate surface area is 153 Å². The molecule has 0 radical (unpaired) electrons. The lowest BCUT2D eigenvalue weighted by Crippen LogP contribution is -2.47. The number of hydrogen-bond donors (Lipinski definition) is 1. The van der Waals surface area contributed by atoms with Crippen LogP contribution in [0.15, 0.2) is 48.5 Å². The first-order chi connectivity index (χ1) is 12.4. The van der Waals surface area contributed by atoms with Crippen LogP contribution in [-0.2, 0) is 11.2 Å². The molecule has 1 unspecified atom stereocenters. The maximum Gasteiger partial charge on any atom is 0.280 e. The monoisotopic (exact) mass is 350 g/mol. The first-order valence-corrected chi connectivity index (χ1v) is 8.75. The van der Waals surface area contributed by atoms with Crippen molar-refractivity contribution in [2.45, 2.75) is 33.1 Å². The Kier molecular flexibility index (Phi) is 4.89. The van der Waals surface area contributed by atoms with E-state index in [1.165, 1.54) is 5.56 Å². The summed E-state index contributed by atoms with van der Waals surface area (Å²) in [5, 5.41) is 0.802. The van der Waals surface area contributed by atoms with Crippen LogP contribution < -0.4 is 5.43 Å². The standard InChI is InChI=1S/C21H22N2O3/c1-13(2)12-15-8-10-16(11-9-15)14(3)19(24)22-23-20(25)17-6-4-5-7-18(17)21(23)26/h4-11,13-14H,12H2,1-3H3,(H,22,24). The summed E-state index contributed by atoms with van der Waals surface area (Å²) in [5.41, 5.74) is 5.14. The number of benzene rings is 2. The number of imide groups is 1. The van der Waals surface area contributed by atoms with Crippen LogP contribution in [0, 0.1) is 5.92 Å². The van der Waals surface area contributed by atoms with Gasteiger partial charge in [0.2, 0.25) is 5.91 Å². The number of fused-ring (bicyclic) bond motifs is 1. The third kappa shape index (κ3) is 3.38. The van der Waals surface area contributed by atoms with Crippen LogP contribution >= 0.6 is 0 Å². The van der Waals surface area contributed by atoms with E-state index in [1.54, 1.807) is 31.2 Å². The zero-order chi connectivity index (χ0) is 18.8. The van der Waals surface area contributed by atoms with Crippen LogP contribution in [-0.4, -0.2) is 22.7 Å².